The largest absolute Gasteiger partial charge is 0.396 e. The number of thioether (sulfide) groups is 3. The van der Waals surface area contributed by atoms with Gasteiger partial charge in [-0.3, -0.25) is 0 Å². The van der Waals surface area contributed by atoms with Gasteiger partial charge >= 0.3 is 0 Å². The van der Waals surface area contributed by atoms with Crippen LogP contribution in [-0.4, -0.2) is 75.0 Å². The molecule has 0 aliphatic heterocycles. The van der Waals surface area contributed by atoms with Crippen molar-refractivity contribution in [2.45, 2.75) is 0 Å². The summed E-state index contributed by atoms with van der Waals surface area (Å²) in [4.78, 5) is 0. The molecular formula is C11H23BrO3S3. The van der Waals surface area contributed by atoms with Gasteiger partial charge in [0.2, 0.25) is 0 Å². The Morgan fingerprint density at radius 2 is 1.06 bits per heavy atom. The molecule has 0 bridgehead atoms. The van der Waals surface area contributed by atoms with Crippen LogP contribution in [0.5, 0.6) is 0 Å². The Morgan fingerprint density at radius 1 is 0.722 bits per heavy atom. The van der Waals surface area contributed by atoms with E-state index in [9.17, 15) is 0 Å². The molecule has 110 valence electrons. The molecular weight excluding hydrogens is 356 g/mol. The Kier molecular flexibility index (Phi) is 14.4. The van der Waals surface area contributed by atoms with Crippen LogP contribution in [0.4, 0.5) is 0 Å². The lowest BCUT2D eigenvalue weighted by atomic mass is 9.99. The zero-order valence-corrected chi connectivity index (χ0v) is 14.6. The molecule has 0 amide bonds. The van der Waals surface area contributed by atoms with Crippen molar-refractivity contribution in [1.29, 1.82) is 0 Å². The number of rotatable bonds is 13. The summed E-state index contributed by atoms with van der Waals surface area (Å²) in [6.45, 7) is 0.657. The van der Waals surface area contributed by atoms with Crippen LogP contribution in [0.15, 0.2) is 0 Å². The standard InChI is InChI=1S/C11H23BrO3S3/c12-7-11(8-16-4-1-13,9-17-5-2-14)10-18-6-3-15/h13-15H,1-10H2. The van der Waals surface area contributed by atoms with Crippen molar-refractivity contribution in [3.63, 3.8) is 0 Å². The number of hydrogen-bond acceptors (Lipinski definition) is 6. The Bertz CT molecular complexity index is 160. The molecule has 0 aliphatic rings. The number of hydrogen-bond donors (Lipinski definition) is 3. The highest BCUT2D eigenvalue weighted by atomic mass is 79.9. The minimum absolute atomic E-state index is 0.166. The Balaban J connectivity index is 4.20. The topological polar surface area (TPSA) is 60.7 Å². The van der Waals surface area contributed by atoms with Crippen LogP contribution in [0.25, 0.3) is 0 Å². The molecule has 7 heteroatoms. The first kappa shape index (κ1) is 19.4. The van der Waals surface area contributed by atoms with Crippen LogP contribution in [0.3, 0.4) is 0 Å². The molecule has 0 unspecified atom stereocenters. The average molecular weight is 379 g/mol. The molecule has 3 nitrogen and oxygen atoms in total. The first-order valence-electron chi connectivity index (χ1n) is 5.86. The van der Waals surface area contributed by atoms with E-state index in [0.29, 0.717) is 0 Å². The Morgan fingerprint density at radius 3 is 1.28 bits per heavy atom. The van der Waals surface area contributed by atoms with E-state index in [1.54, 1.807) is 35.3 Å². The van der Waals surface area contributed by atoms with E-state index in [4.69, 9.17) is 15.3 Å². The second-order valence-electron chi connectivity index (χ2n) is 3.96. The van der Waals surface area contributed by atoms with E-state index in [1.807, 2.05) is 0 Å². The Hall–Kier alpha value is 1.41. The van der Waals surface area contributed by atoms with Crippen molar-refractivity contribution in [2.24, 2.45) is 5.41 Å². The van der Waals surface area contributed by atoms with Gasteiger partial charge < -0.3 is 15.3 Å². The van der Waals surface area contributed by atoms with Crippen LogP contribution < -0.4 is 0 Å². The maximum absolute atomic E-state index is 8.85. The van der Waals surface area contributed by atoms with E-state index in [0.717, 1.165) is 39.8 Å². The molecule has 0 spiro atoms. The highest BCUT2D eigenvalue weighted by Gasteiger charge is 2.28. The zero-order chi connectivity index (χ0) is 13.7. The summed E-state index contributed by atoms with van der Waals surface area (Å²) >= 11 is 8.91. The van der Waals surface area contributed by atoms with Crippen LogP contribution in [0, 0.1) is 5.41 Å². The fourth-order valence-corrected chi connectivity index (χ4v) is 6.11. The summed E-state index contributed by atoms with van der Waals surface area (Å²) in [7, 11) is 0. The highest BCUT2D eigenvalue weighted by Crippen LogP contribution is 2.33. The SMILES string of the molecule is OCCSCC(CBr)(CSCCO)CSCCO. The predicted molar refractivity (Wildman–Crippen MR) is 89.5 cm³/mol. The maximum atomic E-state index is 8.85. The van der Waals surface area contributed by atoms with Gasteiger partial charge in [0.15, 0.2) is 0 Å². The lowest BCUT2D eigenvalue weighted by Crippen LogP contribution is -2.33. The number of alkyl halides is 1. The van der Waals surface area contributed by atoms with Crippen LogP contribution >= 0.6 is 51.2 Å². The number of aliphatic hydroxyl groups is 3. The molecule has 0 aromatic carbocycles. The van der Waals surface area contributed by atoms with E-state index in [2.05, 4.69) is 15.9 Å². The third-order valence-electron chi connectivity index (χ3n) is 2.22. The smallest absolute Gasteiger partial charge is 0.0521 e. The van der Waals surface area contributed by atoms with E-state index in [-0.39, 0.29) is 25.2 Å². The normalized spacial score (nSPS) is 12.0. The monoisotopic (exact) mass is 378 g/mol. The number of halogens is 1. The van der Waals surface area contributed by atoms with Crippen molar-refractivity contribution < 1.29 is 15.3 Å². The molecule has 0 fully saturated rings. The zero-order valence-electron chi connectivity index (χ0n) is 10.5. The number of aliphatic hydroxyl groups excluding tert-OH is 3. The van der Waals surface area contributed by atoms with Crippen LogP contribution in [0.2, 0.25) is 0 Å². The molecule has 0 saturated heterocycles. The molecule has 18 heavy (non-hydrogen) atoms. The van der Waals surface area contributed by atoms with Gasteiger partial charge in [0.25, 0.3) is 0 Å². The quantitative estimate of drug-likeness (QED) is 0.333. The lowest BCUT2D eigenvalue weighted by molar-refractivity contribution is 0.322. The van der Waals surface area contributed by atoms with Gasteiger partial charge in [-0.05, 0) is 0 Å². The molecule has 0 radical (unpaired) electrons. The van der Waals surface area contributed by atoms with Crippen molar-refractivity contribution in [3.8, 4) is 0 Å². The second kappa shape index (κ2) is 13.4. The first-order valence-corrected chi connectivity index (χ1v) is 10.4. The van der Waals surface area contributed by atoms with E-state index in [1.165, 1.54) is 0 Å². The van der Waals surface area contributed by atoms with Gasteiger partial charge in [-0.2, -0.15) is 35.3 Å². The van der Waals surface area contributed by atoms with Gasteiger partial charge in [-0.1, -0.05) is 15.9 Å². The fourth-order valence-electron chi connectivity index (χ4n) is 1.30. The van der Waals surface area contributed by atoms with Gasteiger partial charge in [0.05, 0.1) is 19.8 Å². The van der Waals surface area contributed by atoms with E-state index >= 15 is 0 Å². The van der Waals surface area contributed by atoms with Gasteiger partial charge in [-0.25, -0.2) is 0 Å². The minimum Gasteiger partial charge on any atom is -0.396 e. The molecule has 0 rings (SSSR count). The van der Waals surface area contributed by atoms with E-state index < -0.39 is 0 Å². The summed E-state index contributed by atoms with van der Waals surface area (Å²) < 4.78 is 0. The summed E-state index contributed by atoms with van der Waals surface area (Å²) in [6.07, 6.45) is 0. The van der Waals surface area contributed by atoms with Gasteiger partial charge in [-0.15, -0.1) is 0 Å². The third-order valence-corrected chi connectivity index (χ3v) is 7.27. The average Bonchev–Trinajstić information content (AvgIpc) is 2.39. The van der Waals surface area contributed by atoms with Crippen molar-refractivity contribution >= 4 is 51.2 Å². The molecule has 0 aliphatic carbocycles. The lowest BCUT2D eigenvalue weighted by Gasteiger charge is -2.31. The molecule has 0 aromatic heterocycles. The highest BCUT2D eigenvalue weighted by molar-refractivity contribution is 9.09. The maximum Gasteiger partial charge on any atom is 0.0521 e. The van der Waals surface area contributed by atoms with Crippen LogP contribution in [-0.2, 0) is 0 Å². The molecule has 0 saturated carbocycles. The molecule has 0 atom stereocenters. The first-order chi connectivity index (χ1) is 8.74. The fraction of sp³-hybridized carbons (Fsp3) is 1.00. The third kappa shape index (κ3) is 9.34. The predicted octanol–water partition coefficient (Wildman–Crippen LogP) is 1.54. The summed E-state index contributed by atoms with van der Waals surface area (Å²) in [6, 6.07) is 0. The summed E-state index contributed by atoms with van der Waals surface area (Å²) in [5.41, 5.74) is 0.166. The van der Waals surface area contributed by atoms with Crippen molar-refractivity contribution in [1.82, 2.24) is 0 Å². The van der Waals surface area contributed by atoms with Gasteiger partial charge in [0.1, 0.15) is 0 Å². The van der Waals surface area contributed by atoms with Crippen molar-refractivity contribution in [3.05, 3.63) is 0 Å². The summed E-state index contributed by atoms with van der Waals surface area (Å²) in [5.74, 6) is 5.29. The molecule has 0 aromatic rings. The molecule has 3 N–H and O–H groups in total. The molecule has 0 heterocycles. The minimum atomic E-state index is 0.166. The Labute approximate surface area is 131 Å². The van der Waals surface area contributed by atoms with Crippen molar-refractivity contribution in [2.75, 3.05) is 59.7 Å². The van der Waals surface area contributed by atoms with Crippen LogP contribution in [0.1, 0.15) is 0 Å². The second-order valence-corrected chi connectivity index (χ2v) is 7.84. The van der Waals surface area contributed by atoms with Gasteiger partial charge in [0, 0.05) is 45.3 Å². The summed E-state index contributed by atoms with van der Waals surface area (Å²) in [5, 5.41) is 27.5.